The van der Waals surface area contributed by atoms with Gasteiger partial charge < -0.3 is 5.11 Å². The largest absolute Gasteiger partial charge is 0.481 e. The number of aliphatic carboxylic acids is 1. The number of hydrogen-bond acceptors (Lipinski definition) is 4. The van der Waals surface area contributed by atoms with Crippen LogP contribution >= 0.6 is 11.3 Å². The van der Waals surface area contributed by atoms with E-state index in [0.29, 0.717) is 17.1 Å². The molecule has 0 saturated carbocycles. The summed E-state index contributed by atoms with van der Waals surface area (Å²) in [6.07, 6.45) is 1.87. The Morgan fingerprint density at radius 2 is 2.35 bits per heavy atom. The molecule has 2 aromatic rings. The predicted octanol–water partition coefficient (Wildman–Crippen LogP) is 2.36. The number of aromatic nitrogens is 2. The van der Waals surface area contributed by atoms with Crippen LogP contribution in [0.3, 0.4) is 0 Å². The van der Waals surface area contributed by atoms with Crippen LogP contribution in [-0.2, 0) is 11.2 Å². The van der Waals surface area contributed by atoms with Gasteiger partial charge in [0, 0.05) is 18.0 Å². The Morgan fingerprint density at radius 1 is 1.53 bits per heavy atom. The number of aryl methyl sites for hydroxylation is 1. The average molecular weight is 252 g/mol. The Labute approximate surface area is 101 Å². The van der Waals surface area contributed by atoms with Crippen LogP contribution in [0.5, 0.6) is 0 Å². The van der Waals surface area contributed by atoms with Gasteiger partial charge in [-0.15, -0.1) is 11.3 Å². The first-order valence-corrected chi connectivity index (χ1v) is 5.82. The lowest BCUT2D eigenvalue weighted by Gasteiger charge is -1.96. The Kier molecular flexibility index (Phi) is 3.43. The molecule has 0 aliphatic carbocycles. The maximum Gasteiger partial charge on any atom is 0.303 e. The molecule has 0 saturated heterocycles. The van der Waals surface area contributed by atoms with Crippen LogP contribution in [0.1, 0.15) is 12.1 Å². The topological polar surface area (TPSA) is 63.1 Å². The zero-order valence-corrected chi connectivity index (χ0v) is 9.58. The predicted molar refractivity (Wildman–Crippen MR) is 61.3 cm³/mol. The fourth-order valence-corrected chi connectivity index (χ4v) is 2.16. The highest BCUT2D eigenvalue weighted by Gasteiger charge is 2.11. The van der Waals surface area contributed by atoms with Crippen molar-refractivity contribution in [2.24, 2.45) is 0 Å². The van der Waals surface area contributed by atoms with Gasteiger partial charge in [0.1, 0.15) is 10.7 Å². The van der Waals surface area contributed by atoms with Gasteiger partial charge in [-0.1, -0.05) is 0 Å². The number of thiazole rings is 1. The lowest BCUT2D eigenvalue weighted by Crippen LogP contribution is -1.97. The van der Waals surface area contributed by atoms with Crippen molar-refractivity contribution in [2.75, 3.05) is 0 Å². The molecule has 88 valence electrons. The van der Waals surface area contributed by atoms with Crippen LogP contribution in [0.4, 0.5) is 4.39 Å². The molecule has 17 heavy (non-hydrogen) atoms. The molecule has 0 unspecified atom stereocenters. The van der Waals surface area contributed by atoms with Gasteiger partial charge in [0.2, 0.25) is 0 Å². The number of rotatable bonds is 4. The number of carboxylic acid groups (broad SMARTS) is 1. The van der Waals surface area contributed by atoms with Crippen molar-refractivity contribution in [1.82, 2.24) is 9.97 Å². The quantitative estimate of drug-likeness (QED) is 0.907. The fraction of sp³-hybridized carbons (Fsp3) is 0.182. The van der Waals surface area contributed by atoms with Crippen molar-refractivity contribution in [1.29, 1.82) is 0 Å². The van der Waals surface area contributed by atoms with Crippen LogP contribution in [0.25, 0.3) is 10.7 Å². The van der Waals surface area contributed by atoms with Gasteiger partial charge in [0.15, 0.2) is 5.82 Å². The van der Waals surface area contributed by atoms with E-state index in [1.54, 1.807) is 5.38 Å². The third-order valence-corrected chi connectivity index (χ3v) is 3.01. The minimum Gasteiger partial charge on any atom is -0.481 e. The normalized spacial score (nSPS) is 10.4. The Hall–Kier alpha value is -1.82. The number of carbonyl (C=O) groups is 1. The molecule has 2 aromatic heterocycles. The zero-order chi connectivity index (χ0) is 12.3. The molecule has 1 N–H and O–H groups in total. The second-order valence-corrected chi connectivity index (χ2v) is 4.23. The van der Waals surface area contributed by atoms with E-state index < -0.39 is 11.8 Å². The average Bonchev–Trinajstić information content (AvgIpc) is 2.75. The number of pyridine rings is 1. The van der Waals surface area contributed by atoms with Gasteiger partial charge >= 0.3 is 5.97 Å². The monoisotopic (exact) mass is 252 g/mol. The second kappa shape index (κ2) is 5.01. The third-order valence-electron chi connectivity index (χ3n) is 2.11. The van der Waals surface area contributed by atoms with E-state index in [0.717, 1.165) is 0 Å². The highest BCUT2D eigenvalue weighted by atomic mass is 32.1. The molecule has 0 spiro atoms. The first kappa shape index (κ1) is 11.7. The molecular weight excluding hydrogens is 243 g/mol. The highest BCUT2D eigenvalue weighted by molar-refractivity contribution is 7.13. The summed E-state index contributed by atoms with van der Waals surface area (Å²) in [7, 11) is 0. The lowest BCUT2D eigenvalue weighted by molar-refractivity contribution is -0.136. The summed E-state index contributed by atoms with van der Waals surface area (Å²) in [5, 5.41) is 10.8. The number of halogens is 1. The van der Waals surface area contributed by atoms with Crippen LogP contribution < -0.4 is 0 Å². The molecule has 0 aliphatic heterocycles. The molecule has 0 radical (unpaired) electrons. The third kappa shape index (κ3) is 2.85. The van der Waals surface area contributed by atoms with Crippen LogP contribution in [0, 0.1) is 5.82 Å². The minimum atomic E-state index is -0.872. The number of carboxylic acids is 1. The standard InChI is InChI=1S/C11H9FN2O2S/c12-8-2-1-5-13-10(8)11-14-7(6-17-11)3-4-9(15)16/h1-2,5-6H,3-4H2,(H,15,16). The van der Waals surface area contributed by atoms with Crippen molar-refractivity contribution in [3.8, 4) is 10.7 Å². The van der Waals surface area contributed by atoms with Gasteiger partial charge in [-0.3, -0.25) is 9.78 Å². The summed E-state index contributed by atoms with van der Waals surface area (Å²) in [4.78, 5) is 18.5. The molecule has 2 rings (SSSR count). The van der Waals surface area contributed by atoms with E-state index in [1.807, 2.05) is 0 Å². The van der Waals surface area contributed by atoms with E-state index in [9.17, 15) is 9.18 Å². The summed E-state index contributed by atoms with van der Waals surface area (Å²) < 4.78 is 13.4. The van der Waals surface area contributed by atoms with Gasteiger partial charge in [-0.2, -0.15) is 0 Å². The summed E-state index contributed by atoms with van der Waals surface area (Å²) in [6, 6.07) is 2.83. The van der Waals surface area contributed by atoms with Crippen LogP contribution in [0.2, 0.25) is 0 Å². The van der Waals surface area contributed by atoms with Gasteiger partial charge in [-0.05, 0) is 12.1 Å². The first-order valence-electron chi connectivity index (χ1n) is 4.94. The van der Waals surface area contributed by atoms with E-state index in [2.05, 4.69) is 9.97 Å². The van der Waals surface area contributed by atoms with Crippen molar-refractivity contribution >= 4 is 17.3 Å². The summed E-state index contributed by atoms with van der Waals surface area (Å²) in [5.41, 5.74) is 0.858. The van der Waals surface area contributed by atoms with Gasteiger partial charge in [0.05, 0.1) is 12.1 Å². The van der Waals surface area contributed by atoms with Crippen molar-refractivity contribution in [2.45, 2.75) is 12.8 Å². The molecule has 0 atom stereocenters. The number of hydrogen-bond donors (Lipinski definition) is 1. The Bertz CT molecular complexity index is 542. The molecule has 4 nitrogen and oxygen atoms in total. The summed E-state index contributed by atoms with van der Waals surface area (Å²) in [6.45, 7) is 0. The Balaban J connectivity index is 2.18. The molecule has 0 bridgehead atoms. The Morgan fingerprint density at radius 3 is 3.06 bits per heavy atom. The van der Waals surface area contributed by atoms with Crippen LogP contribution in [-0.4, -0.2) is 21.0 Å². The summed E-state index contributed by atoms with van der Waals surface area (Å²) in [5.74, 6) is -1.30. The minimum absolute atomic E-state index is 0.0217. The van der Waals surface area contributed by atoms with E-state index in [4.69, 9.17) is 5.11 Å². The molecule has 0 aliphatic rings. The molecule has 2 heterocycles. The molecule has 0 amide bonds. The maximum absolute atomic E-state index is 13.4. The SMILES string of the molecule is O=C(O)CCc1csc(-c2ncccc2F)n1. The van der Waals surface area contributed by atoms with Crippen molar-refractivity contribution < 1.29 is 14.3 Å². The molecular formula is C11H9FN2O2S. The lowest BCUT2D eigenvalue weighted by atomic mass is 10.2. The van der Waals surface area contributed by atoms with Gasteiger partial charge in [0.25, 0.3) is 0 Å². The van der Waals surface area contributed by atoms with Crippen molar-refractivity contribution in [3.63, 3.8) is 0 Å². The van der Waals surface area contributed by atoms with E-state index in [1.165, 1.54) is 29.7 Å². The zero-order valence-electron chi connectivity index (χ0n) is 8.76. The molecule has 6 heteroatoms. The van der Waals surface area contributed by atoms with E-state index >= 15 is 0 Å². The second-order valence-electron chi connectivity index (χ2n) is 3.37. The molecule has 0 fully saturated rings. The summed E-state index contributed by atoms with van der Waals surface area (Å²) >= 11 is 1.26. The van der Waals surface area contributed by atoms with E-state index in [-0.39, 0.29) is 12.1 Å². The maximum atomic E-state index is 13.4. The first-order chi connectivity index (χ1) is 8.16. The van der Waals surface area contributed by atoms with Crippen LogP contribution in [0.15, 0.2) is 23.7 Å². The molecule has 0 aromatic carbocycles. The van der Waals surface area contributed by atoms with Gasteiger partial charge in [-0.25, -0.2) is 9.37 Å². The van der Waals surface area contributed by atoms with Crippen molar-refractivity contribution in [3.05, 3.63) is 35.2 Å². The number of nitrogens with zero attached hydrogens (tertiary/aromatic N) is 2. The highest BCUT2D eigenvalue weighted by Crippen LogP contribution is 2.24. The fourth-order valence-electron chi connectivity index (χ4n) is 1.31. The smallest absolute Gasteiger partial charge is 0.303 e.